The molecule has 4 rings (SSSR count). The summed E-state index contributed by atoms with van der Waals surface area (Å²) < 4.78 is 15.7. The van der Waals surface area contributed by atoms with E-state index in [-0.39, 0.29) is 23.6 Å². The van der Waals surface area contributed by atoms with Crippen LogP contribution in [-0.4, -0.2) is 72.0 Å². The number of carbonyl (C=O) groups excluding carboxylic acids is 2. The van der Waals surface area contributed by atoms with Crippen molar-refractivity contribution in [1.82, 2.24) is 20.5 Å². The van der Waals surface area contributed by atoms with Gasteiger partial charge in [0.25, 0.3) is 5.91 Å². The molecule has 1 aliphatic heterocycles. The number of aromatic nitrogens is 1. The van der Waals surface area contributed by atoms with Crippen LogP contribution in [0.3, 0.4) is 0 Å². The number of carboxylic acid groups (broad SMARTS) is 1. The number of nitrogens with one attached hydrogen (secondary N) is 2. The minimum atomic E-state index is -1.21. The van der Waals surface area contributed by atoms with E-state index in [1.54, 1.807) is 31.2 Å². The Labute approximate surface area is 275 Å². The predicted molar refractivity (Wildman–Crippen MR) is 179 cm³/mol. The van der Waals surface area contributed by atoms with E-state index in [9.17, 15) is 19.5 Å². The number of hydrogen-bond donors (Lipinski definition) is 3. The van der Waals surface area contributed by atoms with E-state index in [4.69, 9.17) is 11.6 Å². The first kappa shape index (κ1) is 34.8. The first-order valence-electron chi connectivity index (χ1n) is 15.5. The highest BCUT2D eigenvalue weighted by Gasteiger charge is 2.29. The van der Waals surface area contributed by atoms with Gasteiger partial charge in [0.15, 0.2) is 0 Å². The van der Waals surface area contributed by atoms with Gasteiger partial charge in [-0.05, 0) is 104 Å². The number of amides is 2. The average Bonchev–Trinajstić information content (AvgIpc) is 2.97. The fraction of sp³-hybridized carbons (Fsp3) is 0.429. The molecule has 2 heterocycles. The van der Waals surface area contributed by atoms with E-state index in [0.29, 0.717) is 22.0 Å². The Morgan fingerprint density at radius 1 is 0.978 bits per heavy atom. The van der Waals surface area contributed by atoms with Crippen LogP contribution in [0.15, 0.2) is 42.5 Å². The third kappa shape index (κ3) is 8.61. The number of aryl methyl sites for hydroxylation is 3. The summed E-state index contributed by atoms with van der Waals surface area (Å²) in [6.45, 7) is 12.6. The zero-order valence-corrected chi connectivity index (χ0v) is 28.0. The van der Waals surface area contributed by atoms with Crippen LogP contribution < -0.4 is 15.5 Å². The van der Waals surface area contributed by atoms with Crippen LogP contribution in [0.2, 0.25) is 5.02 Å². The number of piperazine rings is 1. The van der Waals surface area contributed by atoms with Gasteiger partial charge in [0.2, 0.25) is 5.91 Å². The number of likely N-dealkylation sites (N-methyl/N-ethyl adjacent to an activating group) is 1. The lowest BCUT2D eigenvalue weighted by Gasteiger charge is -2.33. The second-order valence-corrected chi connectivity index (χ2v) is 13.0. The highest BCUT2D eigenvalue weighted by atomic mass is 35.5. The van der Waals surface area contributed by atoms with E-state index in [1.165, 1.54) is 0 Å². The van der Waals surface area contributed by atoms with Crippen molar-refractivity contribution < 1.29 is 23.9 Å². The molecule has 46 heavy (non-hydrogen) atoms. The zero-order valence-electron chi connectivity index (χ0n) is 27.3. The number of anilines is 1. The van der Waals surface area contributed by atoms with Crippen LogP contribution in [-0.2, 0) is 9.59 Å². The van der Waals surface area contributed by atoms with Crippen LogP contribution >= 0.6 is 11.6 Å². The molecule has 0 unspecified atom stereocenters. The zero-order chi connectivity index (χ0) is 33.7. The Balaban J connectivity index is 1.61. The molecule has 0 saturated carbocycles. The van der Waals surface area contributed by atoms with Gasteiger partial charge >= 0.3 is 5.97 Å². The van der Waals surface area contributed by atoms with Crippen LogP contribution in [0.1, 0.15) is 65.5 Å². The number of pyridine rings is 1. The van der Waals surface area contributed by atoms with Gasteiger partial charge in [-0.15, -0.1) is 0 Å². The topological polar surface area (TPSA) is 115 Å². The molecule has 246 valence electrons. The van der Waals surface area contributed by atoms with Gasteiger partial charge in [-0.3, -0.25) is 14.4 Å². The number of halogens is 2. The number of carbonyl (C=O) groups is 3. The number of aliphatic carboxylic acids is 1. The summed E-state index contributed by atoms with van der Waals surface area (Å²) in [6, 6.07) is 9.92. The first-order valence-corrected chi connectivity index (χ1v) is 15.9. The molecule has 1 aromatic heterocycles. The summed E-state index contributed by atoms with van der Waals surface area (Å²) in [6.07, 6.45) is -0.276. The Morgan fingerprint density at radius 3 is 2.24 bits per heavy atom. The molecule has 2 aromatic carbocycles. The molecule has 1 saturated heterocycles. The van der Waals surface area contributed by atoms with Crippen molar-refractivity contribution in [1.29, 1.82) is 0 Å². The standard InChI is InChI=1S/C35H43ClFN5O4/c1-20(2)14-29(40-34(45)27-8-7-9-30(38-27)42-12-10-41(6)11-13-42)35(46)39-28(19-31(43)44)26-18-24(15-23(5)33(26)37)32-21(3)16-25(36)17-22(32)4/h7-9,15-18,20,28-29H,10-14,19H2,1-6H3,(H,39,46)(H,40,45)(H,43,44)/t28-,29-/m0/s1. The second kappa shape index (κ2) is 15.0. The molecule has 0 bridgehead atoms. The third-order valence-corrected chi connectivity index (χ3v) is 8.48. The fourth-order valence-corrected chi connectivity index (χ4v) is 6.27. The summed E-state index contributed by atoms with van der Waals surface area (Å²) in [7, 11) is 2.06. The van der Waals surface area contributed by atoms with Gasteiger partial charge < -0.3 is 25.5 Å². The summed E-state index contributed by atoms with van der Waals surface area (Å²) in [5.74, 6) is -2.25. The number of carboxylic acids is 1. The molecule has 0 spiro atoms. The molecule has 0 aliphatic carbocycles. The van der Waals surface area contributed by atoms with Crippen molar-refractivity contribution in [3.05, 3.63) is 81.3 Å². The molecule has 1 aliphatic rings. The molecule has 1 fully saturated rings. The summed E-state index contributed by atoms with van der Waals surface area (Å²) in [5.41, 5.74) is 3.83. The molecule has 11 heteroatoms. The highest BCUT2D eigenvalue weighted by molar-refractivity contribution is 6.30. The SMILES string of the molecule is Cc1cc(-c2c(C)cc(Cl)cc2C)cc([C@H](CC(=O)O)NC(=O)[C@H](CC(C)C)NC(=O)c2cccc(N3CCN(C)CC3)n2)c1F. The van der Waals surface area contributed by atoms with E-state index in [2.05, 4.69) is 32.5 Å². The van der Waals surface area contributed by atoms with Gasteiger partial charge in [0.05, 0.1) is 12.5 Å². The van der Waals surface area contributed by atoms with E-state index in [1.807, 2.05) is 45.9 Å². The lowest BCUT2D eigenvalue weighted by Crippen LogP contribution is -2.49. The van der Waals surface area contributed by atoms with E-state index >= 15 is 4.39 Å². The van der Waals surface area contributed by atoms with Crippen molar-refractivity contribution in [2.75, 3.05) is 38.1 Å². The van der Waals surface area contributed by atoms with Crippen LogP contribution in [0.5, 0.6) is 0 Å². The largest absolute Gasteiger partial charge is 0.481 e. The monoisotopic (exact) mass is 651 g/mol. The highest BCUT2D eigenvalue weighted by Crippen LogP contribution is 2.34. The fourth-order valence-electron chi connectivity index (χ4n) is 5.94. The second-order valence-electron chi connectivity index (χ2n) is 12.6. The third-order valence-electron chi connectivity index (χ3n) is 8.26. The normalized spacial score (nSPS) is 15.0. The van der Waals surface area contributed by atoms with E-state index in [0.717, 1.165) is 42.9 Å². The summed E-state index contributed by atoms with van der Waals surface area (Å²) >= 11 is 6.24. The molecule has 0 radical (unpaired) electrons. The van der Waals surface area contributed by atoms with Crippen molar-refractivity contribution in [2.24, 2.45) is 5.92 Å². The van der Waals surface area contributed by atoms with Gasteiger partial charge in [-0.25, -0.2) is 9.37 Å². The number of nitrogens with zero attached hydrogens (tertiary/aromatic N) is 3. The van der Waals surface area contributed by atoms with Gasteiger partial charge in [0.1, 0.15) is 23.4 Å². The van der Waals surface area contributed by atoms with Crippen molar-refractivity contribution >= 4 is 35.2 Å². The van der Waals surface area contributed by atoms with Gasteiger partial charge in [0, 0.05) is 36.8 Å². The number of benzene rings is 2. The van der Waals surface area contributed by atoms with Crippen LogP contribution in [0.25, 0.3) is 11.1 Å². The predicted octanol–water partition coefficient (Wildman–Crippen LogP) is 5.69. The Bertz CT molecular complexity index is 1580. The average molecular weight is 652 g/mol. The molecule has 3 N–H and O–H groups in total. The Hall–Kier alpha value is -4.02. The molecule has 3 aromatic rings. The maximum absolute atomic E-state index is 15.7. The quantitative estimate of drug-likeness (QED) is 0.244. The first-order chi connectivity index (χ1) is 21.7. The minimum Gasteiger partial charge on any atom is -0.481 e. The molecule has 2 atom stereocenters. The molecular formula is C35H43ClFN5O4. The number of hydrogen-bond acceptors (Lipinski definition) is 6. The maximum atomic E-state index is 15.7. The smallest absolute Gasteiger partial charge is 0.305 e. The lowest BCUT2D eigenvalue weighted by molar-refractivity contribution is -0.137. The maximum Gasteiger partial charge on any atom is 0.305 e. The Morgan fingerprint density at radius 2 is 1.63 bits per heavy atom. The molecule has 9 nitrogen and oxygen atoms in total. The van der Waals surface area contributed by atoms with E-state index < -0.39 is 42.1 Å². The van der Waals surface area contributed by atoms with Gasteiger partial charge in [-0.1, -0.05) is 31.5 Å². The molecular weight excluding hydrogens is 609 g/mol. The van der Waals surface area contributed by atoms with Crippen LogP contribution in [0, 0.1) is 32.5 Å². The summed E-state index contributed by atoms with van der Waals surface area (Å²) in [4.78, 5) is 48.1. The van der Waals surface area contributed by atoms with Crippen molar-refractivity contribution in [3.63, 3.8) is 0 Å². The summed E-state index contributed by atoms with van der Waals surface area (Å²) in [5, 5.41) is 15.9. The minimum absolute atomic E-state index is 0.0109. The number of rotatable bonds is 11. The lowest BCUT2D eigenvalue weighted by atomic mass is 9.90. The van der Waals surface area contributed by atoms with Crippen LogP contribution in [0.4, 0.5) is 10.2 Å². The Kier molecular flexibility index (Phi) is 11.4. The molecule has 2 amide bonds. The van der Waals surface area contributed by atoms with Crippen molar-refractivity contribution in [3.8, 4) is 11.1 Å². The van der Waals surface area contributed by atoms with Crippen molar-refractivity contribution in [2.45, 2.75) is 59.5 Å². The van der Waals surface area contributed by atoms with Gasteiger partial charge in [-0.2, -0.15) is 0 Å².